The number of ether oxygens (including phenoxy) is 1. The highest BCUT2D eigenvalue weighted by Crippen LogP contribution is 2.28. The molecule has 2 aromatic rings. The Morgan fingerprint density at radius 2 is 1.77 bits per heavy atom. The van der Waals surface area contributed by atoms with Gasteiger partial charge in [0.2, 0.25) is 15.9 Å². The number of hydrogen-bond donors (Lipinski definition) is 0. The number of piperidine rings is 1. The van der Waals surface area contributed by atoms with E-state index in [-0.39, 0.29) is 22.9 Å². The molecule has 1 saturated heterocycles. The SMILES string of the molecule is CCCN(C(=O)C1CCCN(S(=O)(=O)c2ccccc2C(=O)OC)C1)c1ccccc1. The molecule has 1 aliphatic rings. The van der Waals surface area contributed by atoms with E-state index in [1.54, 1.807) is 17.0 Å². The highest BCUT2D eigenvalue weighted by Gasteiger charge is 2.36. The summed E-state index contributed by atoms with van der Waals surface area (Å²) < 4.78 is 32.8. The van der Waals surface area contributed by atoms with Gasteiger partial charge in [-0.3, -0.25) is 4.79 Å². The number of carbonyl (C=O) groups is 2. The average molecular weight is 445 g/mol. The molecule has 0 radical (unpaired) electrons. The summed E-state index contributed by atoms with van der Waals surface area (Å²) >= 11 is 0. The fraction of sp³-hybridized carbons (Fsp3) is 0.391. The summed E-state index contributed by atoms with van der Waals surface area (Å²) in [6.07, 6.45) is 1.99. The number of nitrogens with zero attached hydrogens (tertiary/aromatic N) is 2. The zero-order valence-corrected chi connectivity index (χ0v) is 18.7. The van der Waals surface area contributed by atoms with Crippen molar-refractivity contribution in [2.24, 2.45) is 5.92 Å². The van der Waals surface area contributed by atoms with E-state index in [4.69, 9.17) is 4.74 Å². The molecule has 1 aliphatic heterocycles. The van der Waals surface area contributed by atoms with E-state index in [2.05, 4.69) is 0 Å². The van der Waals surface area contributed by atoms with Gasteiger partial charge in [0.15, 0.2) is 0 Å². The molecule has 0 aromatic heterocycles. The smallest absolute Gasteiger partial charge is 0.339 e. The van der Waals surface area contributed by atoms with Crippen molar-refractivity contribution in [3.63, 3.8) is 0 Å². The van der Waals surface area contributed by atoms with E-state index < -0.39 is 21.9 Å². The second-order valence-electron chi connectivity index (χ2n) is 7.52. The molecule has 2 aromatic carbocycles. The van der Waals surface area contributed by atoms with Gasteiger partial charge in [-0.05, 0) is 43.5 Å². The van der Waals surface area contributed by atoms with Crippen LogP contribution >= 0.6 is 0 Å². The molecule has 0 aliphatic carbocycles. The van der Waals surface area contributed by atoms with Crippen LogP contribution in [0, 0.1) is 5.92 Å². The van der Waals surface area contributed by atoms with Gasteiger partial charge in [0, 0.05) is 25.3 Å². The summed E-state index contributed by atoms with van der Waals surface area (Å²) in [5.41, 5.74) is 0.806. The van der Waals surface area contributed by atoms with Crippen molar-refractivity contribution in [3.05, 3.63) is 60.2 Å². The highest BCUT2D eigenvalue weighted by atomic mass is 32.2. The number of anilines is 1. The molecule has 0 saturated carbocycles. The summed E-state index contributed by atoms with van der Waals surface area (Å²) in [7, 11) is -2.74. The van der Waals surface area contributed by atoms with Gasteiger partial charge in [-0.25, -0.2) is 13.2 Å². The molecule has 1 unspecified atom stereocenters. The van der Waals surface area contributed by atoms with Gasteiger partial charge in [-0.2, -0.15) is 4.31 Å². The molecule has 1 atom stereocenters. The minimum atomic E-state index is -3.96. The van der Waals surface area contributed by atoms with E-state index in [0.29, 0.717) is 25.9 Å². The minimum Gasteiger partial charge on any atom is -0.465 e. The van der Waals surface area contributed by atoms with Crippen molar-refractivity contribution in [3.8, 4) is 0 Å². The maximum Gasteiger partial charge on any atom is 0.339 e. The molecule has 1 fully saturated rings. The molecular weight excluding hydrogens is 416 g/mol. The lowest BCUT2D eigenvalue weighted by Crippen LogP contribution is -2.47. The summed E-state index contributed by atoms with van der Waals surface area (Å²) in [6.45, 7) is 2.96. The molecule has 166 valence electrons. The zero-order chi connectivity index (χ0) is 22.4. The Bertz CT molecular complexity index is 1020. The van der Waals surface area contributed by atoms with Crippen LogP contribution in [0.5, 0.6) is 0 Å². The van der Waals surface area contributed by atoms with Crippen molar-refractivity contribution in [1.82, 2.24) is 4.31 Å². The molecule has 8 heteroatoms. The third kappa shape index (κ3) is 4.97. The lowest BCUT2D eigenvalue weighted by Gasteiger charge is -2.34. The highest BCUT2D eigenvalue weighted by molar-refractivity contribution is 7.89. The number of esters is 1. The number of carbonyl (C=O) groups excluding carboxylic acids is 2. The van der Waals surface area contributed by atoms with Crippen LogP contribution in [0.1, 0.15) is 36.5 Å². The van der Waals surface area contributed by atoms with E-state index >= 15 is 0 Å². The number of sulfonamides is 1. The van der Waals surface area contributed by atoms with Crippen molar-refractivity contribution < 1.29 is 22.7 Å². The monoisotopic (exact) mass is 444 g/mol. The quantitative estimate of drug-likeness (QED) is 0.612. The number of para-hydroxylation sites is 1. The van der Waals surface area contributed by atoms with E-state index in [0.717, 1.165) is 12.1 Å². The van der Waals surface area contributed by atoms with E-state index in [9.17, 15) is 18.0 Å². The first kappa shape index (κ1) is 23.0. The van der Waals surface area contributed by atoms with E-state index in [1.807, 2.05) is 37.3 Å². The normalized spacial score (nSPS) is 17.2. The number of hydrogen-bond acceptors (Lipinski definition) is 5. The van der Waals surface area contributed by atoms with Gasteiger partial charge in [-0.1, -0.05) is 37.3 Å². The van der Waals surface area contributed by atoms with Gasteiger partial charge in [0.05, 0.1) is 23.5 Å². The van der Waals surface area contributed by atoms with E-state index in [1.165, 1.54) is 23.5 Å². The largest absolute Gasteiger partial charge is 0.465 e. The van der Waals surface area contributed by atoms with Crippen LogP contribution in [0.4, 0.5) is 5.69 Å². The summed E-state index contributed by atoms with van der Waals surface area (Å²) in [4.78, 5) is 27.1. The predicted octanol–water partition coefficient (Wildman–Crippen LogP) is 3.32. The van der Waals surface area contributed by atoms with Gasteiger partial charge >= 0.3 is 5.97 Å². The minimum absolute atomic E-state index is 0.00431. The number of amides is 1. The van der Waals surface area contributed by atoms with Crippen molar-refractivity contribution in [2.45, 2.75) is 31.1 Å². The summed E-state index contributed by atoms with van der Waals surface area (Å²) in [5.74, 6) is -1.23. The average Bonchev–Trinajstić information content (AvgIpc) is 2.82. The molecule has 0 N–H and O–H groups in total. The Morgan fingerprint density at radius 3 is 2.45 bits per heavy atom. The van der Waals surface area contributed by atoms with Crippen LogP contribution in [-0.4, -0.2) is 51.3 Å². The molecule has 1 heterocycles. The van der Waals surface area contributed by atoms with Crippen LogP contribution < -0.4 is 4.90 Å². The molecule has 3 rings (SSSR count). The second-order valence-corrected chi connectivity index (χ2v) is 9.42. The standard InChI is InChI=1S/C23H28N2O5S/c1-3-15-25(19-11-5-4-6-12-19)22(26)18-10-9-16-24(17-18)31(28,29)21-14-8-7-13-20(21)23(27)30-2/h4-8,11-14,18H,3,9-10,15-17H2,1-2H3. The lowest BCUT2D eigenvalue weighted by molar-refractivity contribution is -0.123. The molecule has 1 amide bonds. The number of methoxy groups -OCH3 is 1. The summed E-state index contributed by atoms with van der Waals surface area (Å²) in [6, 6.07) is 15.4. The Hall–Kier alpha value is -2.71. The van der Waals surface area contributed by atoms with Crippen molar-refractivity contribution in [2.75, 3.05) is 31.6 Å². The topological polar surface area (TPSA) is 84.0 Å². The Balaban J connectivity index is 1.86. The third-order valence-corrected chi connectivity index (χ3v) is 7.35. The van der Waals surface area contributed by atoms with Crippen molar-refractivity contribution in [1.29, 1.82) is 0 Å². The molecule has 7 nitrogen and oxygen atoms in total. The molecule has 0 bridgehead atoms. The Labute approximate surface area is 183 Å². The first-order valence-corrected chi connectivity index (χ1v) is 11.9. The first-order chi connectivity index (χ1) is 14.9. The Morgan fingerprint density at radius 1 is 1.10 bits per heavy atom. The molecular formula is C23H28N2O5S. The van der Waals surface area contributed by atoms with Crippen molar-refractivity contribution >= 4 is 27.6 Å². The first-order valence-electron chi connectivity index (χ1n) is 10.4. The van der Waals surface area contributed by atoms with Gasteiger partial charge in [0.1, 0.15) is 0 Å². The fourth-order valence-electron chi connectivity index (χ4n) is 3.89. The third-order valence-electron chi connectivity index (χ3n) is 5.42. The van der Waals surface area contributed by atoms with Gasteiger partial charge in [-0.15, -0.1) is 0 Å². The molecule has 0 spiro atoms. The number of rotatable bonds is 7. The van der Waals surface area contributed by atoms with Crippen LogP contribution in [-0.2, 0) is 19.6 Å². The fourth-order valence-corrected chi connectivity index (χ4v) is 5.59. The number of benzene rings is 2. The lowest BCUT2D eigenvalue weighted by atomic mass is 9.97. The van der Waals surface area contributed by atoms with Crippen LogP contribution in [0.15, 0.2) is 59.5 Å². The maximum absolute atomic E-state index is 13.4. The predicted molar refractivity (Wildman–Crippen MR) is 118 cm³/mol. The zero-order valence-electron chi connectivity index (χ0n) is 17.9. The van der Waals surface area contributed by atoms with Gasteiger partial charge in [0.25, 0.3) is 0 Å². The molecule has 31 heavy (non-hydrogen) atoms. The van der Waals surface area contributed by atoms with Gasteiger partial charge < -0.3 is 9.64 Å². The summed E-state index contributed by atoms with van der Waals surface area (Å²) in [5, 5.41) is 0. The maximum atomic E-state index is 13.4. The van der Waals surface area contributed by atoms with Crippen LogP contribution in [0.25, 0.3) is 0 Å². The van der Waals surface area contributed by atoms with Crippen LogP contribution in [0.3, 0.4) is 0 Å². The Kier molecular flexibility index (Phi) is 7.46. The van der Waals surface area contributed by atoms with Crippen LogP contribution in [0.2, 0.25) is 0 Å². The second kappa shape index (κ2) is 10.1.